The summed E-state index contributed by atoms with van der Waals surface area (Å²) in [5, 5.41) is 16.5. The van der Waals surface area contributed by atoms with E-state index in [1.54, 1.807) is 0 Å². The second kappa shape index (κ2) is 13.3. The van der Waals surface area contributed by atoms with Crippen molar-refractivity contribution < 1.29 is 0 Å². The highest BCUT2D eigenvalue weighted by molar-refractivity contribution is 5.35. The summed E-state index contributed by atoms with van der Waals surface area (Å²) in [7, 11) is 0. The lowest BCUT2D eigenvalue weighted by Gasteiger charge is -2.33. The molecule has 0 bridgehead atoms. The van der Waals surface area contributed by atoms with Gasteiger partial charge in [0.25, 0.3) is 11.1 Å². The molecule has 0 aliphatic heterocycles. The van der Waals surface area contributed by atoms with Gasteiger partial charge in [0, 0.05) is 50.7 Å². The van der Waals surface area contributed by atoms with Gasteiger partial charge in [-0.3, -0.25) is 18.4 Å². The van der Waals surface area contributed by atoms with Crippen LogP contribution in [0.1, 0.15) is 110 Å². The third-order valence-electron chi connectivity index (χ3n) is 9.38. The number of fused-ring (bicyclic) bond motifs is 2. The highest BCUT2D eigenvalue weighted by Crippen LogP contribution is 2.36. The minimum absolute atomic E-state index is 0.00836. The van der Waals surface area contributed by atoms with E-state index in [2.05, 4.69) is 48.1 Å². The van der Waals surface area contributed by atoms with Crippen molar-refractivity contribution in [3.05, 3.63) is 57.1 Å². The fourth-order valence-electron chi connectivity index (χ4n) is 6.76. The van der Waals surface area contributed by atoms with Crippen molar-refractivity contribution in [2.75, 3.05) is 0 Å². The largest absolute Gasteiger partial charge is 0.311 e. The van der Waals surface area contributed by atoms with Gasteiger partial charge in [0.2, 0.25) is 11.3 Å². The summed E-state index contributed by atoms with van der Waals surface area (Å²) >= 11 is 0. The van der Waals surface area contributed by atoms with Crippen molar-refractivity contribution in [3.63, 3.8) is 0 Å². The summed E-state index contributed by atoms with van der Waals surface area (Å²) in [6, 6.07) is 0. The number of aromatic nitrogens is 8. The maximum absolute atomic E-state index is 12.6. The van der Waals surface area contributed by atoms with Crippen LogP contribution in [0.5, 0.6) is 0 Å². The Morgan fingerprint density at radius 1 is 0.738 bits per heavy atom. The van der Waals surface area contributed by atoms with E-state index in [0.29, 0.717) is 17.2 Å². The van der Waals surface area contributed by atoms with Gasteiger partial charge in [-0.2, -0.15) is 0 Å². The molecule has 0 amide bonds. The van der Waals surface area contributed by atoms with Gasteiger partial charge in [0.15, 0.2) is 0 Å². The van der Waals surface area contributed by atoms with Crippen molar-refractivity contribution in [3.8, 4) is 0 Å². The number of hydrogen-bond donors (Lipinski definition) is 0. The third-order valence-corrected chi connectivity index (χ3v) is 9.38. The van der Waals surface area contributed by atoms with E-state index in [1.165, 1.54) is 57.8 Å². The van der Waals surface area contributed by atoms with Gasteiger partial charge >= 0.3 is 0 Å². The van der Waals surface area contributed by atoms with Crippen molar-refractivity contribution in [2.24, 2.45) is 17.3 Å². The Morgan fingerprint density at radius 2 is 1.26 bits per heavy atom. The van der Waals surface area contributed by atoms with Crippen LogP contribution in [0.15, 0.2) is 34.4 Å². The molecule has 0 spiro atoms. The standard InChI is InChI=1S/2C16H24N4O/c1-3-7-13-17-18-14-15(21)19(10-11-20(13)14)12-16(2)8-5-4-6-9-16;1-3-4-14-17-18-15-16(21)19(9-10-20(14)15)11-13-7-5-12(2)6-8-13/h10-11H,3-9,12H2,1-2H3;9-10,12-13H,3-8,11H2,1-2H3. The first-order valence-corrected chi connectivity index (χ1v) is 16.2. The Hall–Kier alpha value is -3.30. The van der Waals surface area contributed by atoms with Crippen molar-refractivity contribution in [1.29, 1.82) is 0 Å². The molecule has 2 aliphatic rings. The molecule has 0 radical (unpaired) electrons. The van der Waals surface area contributed by atoms with Crippen molar-refractivity contribution in [1.82, 2.24) is 38.3 Å². The molecule has 4 heterocycles. The van der Waals surface area contributed by atoms with Gasteiger partial charge in [-0.1, -0.05) is 59.8 Å². The van der Waals surface area contributed by atoms with Crippen LogP contribution in [0.2, 0.25) is 0 Å². The van der Waals surface area contributed by atoms with Crippen LogP contribution in [-0.4, -0.2) is 38.3 Å². The molecule has 10 nitrogen and oxygen atoms in total. The first-order valence-electron chi connectivity index (χ1n) is 16.2. The number of aryl methyl sites for hydroxylation is 2. The molecule has 0 N–H and O–H groups in total. The molecule has 0 aromatic carbocycles. The highest BCUT2D eigenvalue weighted by atomic mass is 16.1. The lowest BCUT2D eigenvalue weighted by molar-refractivity contribution is 0.181. The maximum atomic E-state index is 12.6. The lowest BCUT2D eigenvalue weighted by Crippen LogP contribution is -2.32. The van der Waals surface area contributed by atoms with Gasteiger partial charge in [0.1, 0.15) is 11.6 Å². The van der Waals surface area contributed by atoms with Crippen molar-refractivity contribution in [2.45, 2.75) is 124 Å². The van der Waals surface area contributed by atoms with Crippen LogP contribution in [0.3, 0.4) is 0 Å². The van der Waals surface area contributed by atoms with Crippen LogP contribution in [-0.2, 0) is 25.9 Å². The molecule has 4 aromatic rings. The van der Waals surface area contributed by atoms with E-state index in [0.717, 1.165) is 56.3 Å². The molecule has 228 valence electrons. The number of nitrogens with zero attached hydrogens (tertiary/aromatic N) is 8. The van der Waals surface area contributed by atoms with Crippen molar-refractivity contribution >= 4 is 11.3 Å². The molecule has 0 unspecified atom stereocenters. The Labute approximate surface area is 248 Å². The molecule has 2 aliphatic carbocycles. The van der Waals surface area contributed by atoms with Crippen LogP contribution in [0.4, 0.5) is 0 Å². The molecule has 10 heteroatoms. The molecular weight excluding hydrogens is 528 g/mol. The van der Waals surface area contributed by atoms with Gasteiger partial charge in [-0.15, -0.1) is 20.4 Å². The quantitative estimate of drug-likeness (QED) is 0.275. The number of rotatable bonds is 8. The average Bonchev–Trinajstić information content (AvgIpc) is 3.59. The van der Waals surface area contributed by atoms with Gasteiger partial charge in [-0.05, 0) is 55.8 Å². The summed E-state index contributed by atoms with van der Waals surface area (Å²) in [6.07, 6.45) is 22.7. The molecular formula is C32H48N8O2. The molecule has 42 heavy (non-hydrogen) atoms. The molecule has 2 fully saturated rings. The number of hydrogen-bond acceptors (Lipinski definition) is 6. The van der Waals surface area contributed by atoms with E-state index in [4.69, 9.17) is 0 Å². The second-order valence-electron chi connectivity index (χ2n) is 13.1. The summed E-state index contributed by atoms with van der Waals surface area (Å²) in [4.78, 5) is 25.1. The SMILES string of the molecule is CCCc1nnc2c(=O)n(CC3(C)CCCCC3)ccn12.CCCc1nnc2c(=O)n(CC3CCC(C)CC3)ccn12. The molecule has 0 saturated heterocycles. The van der Waals surface area contributed by atoms with E-state index in [-0.39, 0.29) is 16.5 Å². The molecule has 4 aromatic heterocycles. The normalized spacial score (nSPS) is 20.5. The monoisotopic (exact) mass is 576 g/mol. The van der Waals surface area contributed by atoms with E-state index >= 15 is 0 Å². The minimum atomic E-state index is -0.0147. The van der Waals surface area contributed by atoms with Crippen LogP contribution < -0.4 is 11.1 Å². The lowest BCUT2D eigenvalue weighted by atomic mass is 9.75. The zero-order chi connectivity index (χ0) is 29.7. The zero-order valence-corrected chi connectivity index (χ0v) is 26.0. The highest BCUT2D eigenvalue weighted by Gasteiger charge is 2.28. The van der Waals surface area contributed by atoms with E-state index in [1.807, 2.05) is 42.7 Å². The van der Waals surface area contributed by atoms with Gasteiger partial charge in [-0.25, -0.2) is 0 Å². The predicted molar refractivity (Wildman–Crippen MR) is 165 cm³/mol. The first kappa shape index (κ1) is 30.2. The Morgan fingerprint density at radius 3 is 1.81 bits per heavy atom. The fraction of sp³-hybridized carbons (Fsp3) is 0.688. The molecule has 0 atom stereocenters. The summed E-state index contributed by atoms with van der Waals surface area (Å²) in [6.45, 7) is 10.4. The second-order valence-corrected chi connectivity index (χ2v) is 13.1. The third kappa shape index (κ3) is 6.68. The van der Waals surface area contributed by atoms with Gasteiger partial charge < -0.3 is 9.13 Å². The van der Waals surface area contributed by atoms with Crippen LogP contribution in [0.25, 0.3) is 11.3 Å². The molecule has 6 rings (SSSR count). The van der Waals surface area contributed by atoms with Crippen LogP contribution >= 0.6 is 0 Å². The summed E-state index contributed by atoms with van der Waals surface area (Å²) in [5.74, 6) is 3.22. The molecule has 2 saturated carbocycles. The maximum Gasteiger partial charge on any atom is 0.296 e. The van der Waals surface area contributed by atoms with E-state index in [9.17, 15) is 9.59 Å². The average molecular weight is 577 g/mol. The first-order chi connectivity index (χ1) is 20.3. The van der Waals surface area contributed by atoms with Crippen LogP contribution in [0, 0.1) is 17.3 Å². The Bertz CT molecular complexity index is 1580. The minimum Gasteiger partial charge on any atom is -0.311 e. The zero-order valence-electron chi connectivity index (χ0n) is 26.0. The summed E-state index contributed by atoms with van der Waals surface area (Å²) in [5.41, 5.74) is 1.14. The Kier molecular flexibility index (Phi) is 9.58. The topological polar surface area (TPSA) is 104 Å². The summed E-state index contributed by atoms with van der Waals surface area (Å²) < 4.78 is 7.32. The van der Waals surface area contributed by atoms with E-state index < -0.39 is 0 Å². The smallest absolute Gasteiger partial charge is 0.296 e. The predicted octanol–water partition coefficient (Wildman–Crippen LogP) is 5.48. The fourth-order valence-corrected chi connectivity index (χ4v) is 6.76. The van der Waals surface area contributed by atoms with Gasteiger partial charge in [0.05, 0.1) is 0 Å². The Balaban J connectivity index is 0.000000168.